The van der Waals surface area contributed by atoms with Crippen LogP contribution in [0.1, 0.15) is 39.3 Å². The van der Waals surface area contributed by atoms with Crippen molar-refractivity contribution in [3.05, 3.63) is 69.7 Å². The van der Waals surface area contributed by atoms with Gasteiger partial charge in [0.05, 0.1) is 13.2 Å². The zero-order valence-electron chi connectivity index (χ0n) is 16.2. The molecule has 2 aromatic heterocycles. The lowest BCUT2D eigenvalue weighted by Gasteiger charge is -2.07. The number of benzene rings is 1. The van der Waals surface area contributed by atoms with Crippen molar-refractivity contribution in [3.63, 3.8) is 0 Å². The van der Waals surface area contributed by atoms with Gasteiger partial charge in [-0.2, -0.15) is 0 Å². The number of nitrogens with one attached hydrogen (secondary N) is 1. The van der Waals surface area contributed by atoms with Crippen LogP contribution in [0.5, 0.6) is 0 Å². The molecule has 1 aliphatic heterocycles. The second kappa shape index (κ2) is 7.35. The van der Waals surface area contributed by atoms with Crippen molar-refractivity contribution >= 4 is 15.8 Å². The molecule has 3 heterocycles. The first-order valence-corrected chi connectivity index (χ1v) is 10.5. The van der Waals surface area contributed by atoms with E-state index in [9.17, 15) is 8.42 Å². The molecule has 0 aliphatic carbocycles. The van der Waals surface area contributed by atoms with Crippen molar-refractivity contribution in [1.82, 2.24) is 10.1 Å². The number of rotatable bonds is 3. The predicted octanol–water partition coefficient (Wildman–Crippen LogP) is 3.23. The normalized spacial score (nSPS) is 12.9. The minimum atomic E-state index is -3.93. The Morgan fingerprint density at radius 1 is 1.10 bits per heavy atom. The molecule has 8 heteroatoms. The molecule has 1 aliphatic rings. The largest absolute Gasteiger partial charge is 0.372 e. The van der Waals surface area contributed by atoms with E-state index < -0.39 is 10.0 Å². The zero-order chi connectivity index (χ0) is 20.6. The monoisotopic (exact) mass is 409 g/mol. The van der Waals surface area contributed by atoms with Crippen LogP contribution in [-0.2, 0) is 28.0 Å². The summed E-state index contributed by atoms with van der Waals surface area (Å²) in [6, 6.07) is 7.06. The van der Waals surface area contributed by atoms with Crippen LogP contribution in [0.2, 0.25) is 0 Å². The molecule has 3 aromatic rings. The quantitative estimate of drug-likeness (QED) is 0.668. The third kappa shape index (κ3) is 3.75. The van der Waals surface area contributed by atoms with Crippen LogP contribution in [0.3, 0.4) is 0 Å². The van der Waals surface area contributed by atoms with Gasteiger partial charge in [0.2, 0.25) is 0 Å². The number of sulfonamides is 1. The molecule has 0 unspecified atom stereocenters. The number of nitrogens with zero attached hydrogens (tertiary/aromatic N) is 2. The molecule has 0 spiro atoms. The lowest BCUT2D eigenvalue weighted by atomic mass is 10.0. The lowest BCUT2D eigenvalue weighted by Crippen LogP contribution is -2.16. The van der Waals surface area contributed by atoms with Crippen LogP contribution in [0.25, 0.3) is 0 Å². The van der Waals surface area contributed by atoms with Gasteiger partial charge in [-0.05, 0) is 61.6 Å². The standard InChI is InChI=1S/C21H19N3O4S/c1-13-9-17-11-27-12-18(17)10-16(13)6-7-19-20(5-4-8-22-19)29(25,26)24-21-14(2)15(3)28-23-21/h4-5,8-10H,11-12H2,1-3H3,(H,23,24). The number of hydrogen-bond acceptors (Lipinski definition) is 6. The predicted molar refractivity (Wildman–Crippen MR) is 107 cm³/mol. The molecular formula is C21H19N3O4S. The third-order valence-electron chi connectivity index (χ3n) is 4.83. The first-order chi connectivity index (χ1) is 13.8. The highest BCUT2D eigenvalue weighted by Crippen LogP contribution is 2.24. The molecule has 29 heavy (non-hydrogen) atoms. The molecule has 0 fully saturated rings. The van der Waals surface area contributed by atoms with Crippen LogP contribution in [-0.4, -0.2) is 18.6 Å². The maximum atomic E-state index is 12.9. The molecule has 0 saturated carbocycles. The van der Waals surface area contributed by atoms with Crippen molar-refractivity contribution in [3.8, 4) is 11.8 Å². The second-order valence-electron chi connectivity index (χ2n) is 6.85. The Morgan fingerprint density at radius 2 is 1.86 bits per heavy atom. The minimum absolute atomic E-state index is 0.0188. The fraction of sp³-hybridized carbons (Fsp3) is 0.238. The summed E-state index contributed by atoms with van der Waals surface area (Å²) in [4.78, 5) is 4.15. The van der Waals surface area contributed by atoms with Crippen molar-refractivity contribution in [1.29, 1.82) is 0 Å². The van der Waals surface area contributed by atoms with E-state index >= 15 is 0 Å². The number of ether oxygens (including phenoxy) is 1. The highest BCUT2D eigenvalue weighted by Gasteiger charge is 2.22. The fourth-order valence-corrected chi connectivity index (χ4v) is 4.18. The van der Waals surface area contributed by atoms with E-state index in [1.54, 1.807) is 19.9 Å². The topological polar surface area (TPSA) is 94.3 Å². The van der Waals surface area contributed by atoms with Gasteiger partial charge in [0.25, 0.3) is 10.0 Å². The molecule has 1 aromatic carbocycles. The molecule has 0 saturated heterocycles. The Labute approximate surface area is 169 Å². The molecule has 0 bridgehead atoms. The summed E-state index contributed by atoms with van der Waals surface area (Å²) in [6.07, 6.45) is 1.51. The molecule has 0 amide bonds. The number of hydrogen-bond donors (Lipinski definition) is 1. The van der Waals surface area contributed by atoms with Gasteiger partial charge in [0.15, 0.2) is 5.82 Å². The number of aromatic nitrogens is 2. The van der Waals surface area contributed by atoms with E-state index in [0.717, 1.165) is 22.3 Å². The molecule has 148 valence electrons. The van der Waals surface area contributed by atoms with Crippen LogP contribution in [0, 0.1) is 32.6 Å². The van der Waals surface area contributed by atoms with Crippen LogP contribution < -0.4 is 4.72 Å². The first kappa shape index (κ1) is 19.2. The molecular weight excluding hydrogens is 390 g/mol. The first-order valence-electron chi connectivity index (χ1n) is 8.98. The summed E-state index contributed by atoms with van der Waals surface area (Å²) in [5.74, 6) is 6.66. The van der Waals surface area contributed by atoms with Gasteiger partial charge in [-0.25, -0.2) is 13.4 Å². The second-order valence-corrected chi connectivity index (χ2v) is 8.50. The maximum Gasteiger partial charge on any atom is 0.265 e. The van der Waals surface area contributed by atoms with Crippen molar-refractivity contribution < 1.29 is 17.7 Å². The Hall–Kier alpha value is -3.15. The Balaban J connectivity index is 1.70. The average molecular weight is 409 g/mol. The Morgan fingerprint density at radius 3 is 2.59 bits per heavy atom. The van der Waals surface area contributed by atoms with Gasteiger partial charge in [0.1, 0.15) is 16.3 Å². The smallest absolute Gasteiger partial charge is 0.265 e. The van der Waals surface area contributed by atoms with Gasteiger partial charge in [-0.1, -0.05) is 17.1 Å². The number of fused-ring (bicyclic) bond motifs is 1. The third-order valence-corrected chi connectivity index (χ3v) is 6.20. The average Bonchev–Trinajstić information content (AvgIpc) is 3.27. The van der Waals surface area contributed by atoms with Gasteiger partial charge in [0, 0.05) is 17.3 Å². The van der Waals surface area contributed by atoms with Crippen molar-refractivity contribution in [2.24, 2.45) is 0 Å². The van der Waals surface area contributed by atoms with Crippen LogP contribution in [0.4, 0.5) is 5.82 Å². The summed E-state index contributed by atoms with van der Waals surface area (Å²) < 4.78 is 38.7. The van der Waals surface area contributed by atoms with Gasteiger partial charge >= 0.3 is 0 Å². The fourth-order valence-electron chi connectivity index (χ4n) is 3.01. The van der Waals surface area contributed by atoms with Gasteiger partial charge in [-0.15, -0.1) is 0 Å². The van der Waals surface area contributed by atoms with Crippen LogP contribution in [0.15, 0.2) is 39.9 Å². The van der Waals surface area contributed by atoms with E-state index in [4.69, 9.17) is 9.26 Å². The number of pyridine rings is 1. The summed E-state index contributed by atoms with van der Waals surface area (Å²) in [5.41, 5.74) is 4.88. The summed E-state index contributed by atoms with van der Waals surface area (Å²) in [5, 5.41) is 3.76. The molecule has 4 rings (SSSR count). The summed E-state index contributed by atoms with van der Waals surface area (Å²) in [6.45, 7) is 6.59. The minimum Gasteiger partial charge on any atom is -0.372 e. The molecule has 0 atom stereocenters. The summed E-state index contributed by atoms with van der Waals surface area (Å²) >= 11 is 0. The van der Waals surface area contributed by atoms with E-state index in [2.05, 4.69) is 32.8 Å². The highest BCUT2D eigenvalue weighted by atomic mass is 32.2. The molecule has 7 nitrogen and oxygen atoms in total. The molecule has 1 N–H and O–H groups in total. The van der Waals surface area contributed by atoms with E-state index in [0.29, 0.717) is 24.5 Å². The summed E-state index contributed by atoms with van der Waals surface area (Å²) in [7, 11) is -3.93. The van der Waals surface area contributed by atoms with Gasteiger partial charge in [-0.3, -0.25) is 4.72 Å². The number of anilines is 1. The van der Waals surface area contributed by atoms with E-state index in [1.165, 1.54) is 12.3 Å². The van der Waals surface area contributed by atoms with Gasteiger partial charge < -0.3 is 9.26 Å². The van der Waals surface area contributed by atoms with E-state index in [1.807, 2.05) is 13.0 Å². The van der Waals surface area contributed by atoms with Crippen molar-refractivity contribution in [2.75, 3.05) is 4.72 Å². The zero-order valence-corrected chi connectivity index (χ0v) is 17.1. The highest BCUT2D eigenvalue weighted by molar-refractivity contribution is 7.92. The number of aryl methyl sites for hydroxylation is 2. The lowest BCUT2D eigenvalue weighted by molar-refractivity contribution is 0.134. The SMILES string of the molecule is Cc1cc2c(cc1C#Cc1ncccc1S(=O)(=O)Nc1noc(C)c1C)COC2. The van der Waals surface area contributed by atoms with Crippen molar-refractivity contribution in [2.45, 2.75) is 38.9 Å². The Bertz CT molecular complexity index is 1270. The van der Waals surface area contributed by atoms with Crippen LogP contribution >= 0.6 is 0 Å². The maximum absolute atomic E-state index is 12.9. The molecule has 0 radical (unpaired) electrons. The Kier molecular flexibility index (Phi) is 4.86. The van der Waals surface area contributed by atoms with E-state index in [-0.39, 0.29) is 16.4 Å².